The molecule has 0 bridgehead atoms. The molecule has 14 heavy (non-hydrogen) atoms. The van der Waals surface area contributed by atoms with Gasteiger partial charge in [-0.1, -0.05) is 13.8 Å². The average Bonchev–Trinajstić information content (AvgIpc) is 2.30. The van der Waals surface area contributed by atoms with E-state index in [1.807, 2.05) is 0 Å². The van der Waals surface area contributed by atoms with Crippen molar-refractivity contribution in [1.82, 2.24) is 0 Å². The Kier molecular flexibility index (Phi) is 3.16. The zero-order valence-corrected chi connectivity index (χ0v) is 9.97. The van der Waals surface area contributed by atoms with Crippen LogP contribution in [0, 0.1) is 11.8 Å². The van der Waals surface area contributed by atoms with Gasteiger partial charge < -0.3 is 4.48 Å². The second kappa shape index (κ2) is 4.22. The first kappa shape index (κ1) is 10.5. The molecule has 2 atom stereocenters. The average molecular weight is 196 g/mol. The molecule has 0 saturated carbocycles. The van der Waals surface area contributed by atoms with Crippen molar-refractivity contribution in [3.8, 4) is 0 Å². The van der Waals surface area contributed by atoms with E-state index in [0.29, 0.717) is 0 Å². The fraction of sp³-hybridized carbons (Fsp3) is 1.00. The van der Waals surface area contributed by atoms with Gasteiger partial charge in [0, 0.05) is 5.92 Å². The van der Waals surface area contributed by atoms with Crippen molar-refractivity contribution in [2.45, 2.75) is 46.0 Å². The lowest BCUT2D eigenvalue weighted by Crippen LogP contribution is -2.53. The van der Waals surface area contributed by atoms with Crippen LogP contribution in [-0.2, 0) is 0 Å². The maximum atomic E-state index is 2.48. The van der Waals surface area contributed by atoms with Crippen LogP contribution >= 0.6 is 0 Å². The summed E-state index contributed by atoms with van der Waals surface area (Å²) in [6, 6.07) is 0. The number of piperidine rings is 1. The molecule has 2 heterocycles. The molecule has 2 saturated heterocycles. The highest BCUT2D eigenvalue weighted by Gasteiger charge is 2.35. The number of nitrogens with zero attached hydrogens (tertiary/aromatic N) is 1. The van der Waals surface area contributed by atoms with Gasteiger partial charge in [-0.3, -0.25) is 0 Å². The van der Waals surface area contributed by atoms with E-state index in [9.17, 15) is 0 Å². The molecule has 0 radical (unpaired) electrons. The summed E-state index contributed by atoms with van der Waals surface area (Å²) in [5.74, 6) is 1.92. The van der Waals surface area contributed by atoms with E-state index in [4.69, 9.17) is 0 Å². The van der Waals surface area contributed by atoms with Gasteiger partial charge in [-0.25, -0.2) is 0 Å². The zero-order valence-electron chi connectivity index (χ0n) is 9.97. The molecule has 1 spiro atoms. The zero-order chi connectivity index (χ0) is 10.0. The Hall–Kier alpha value is -0.0400. The van der Waals surface area contributed by atoms with Crippen LogP contribution in [0.5, 0.6) is 0 Å². The third-order valence-corrected chi connectivity index (χ3v) is 4.70. The Morgan fingerprint density at radius 3 is 2.14 bits per heavy atom. The molecular formula is C13H26N+. The second-order valence-corrected chi connectivity index (χ2v) is 5.85. The van der Waals surface area contributed by atoms with Crippen LogP contribution in [-0.4, -0.2) is 30.7 Å². The van der Waals surface area contributed by atoms with Crippen LogP contribution < -0.4 is 0 Å². The largest absolute Gasteiger partial charge is 0.323 e. The third-order valence-electron chi connectivity index (χ3n) is 4.70. The summed E-state index contributed by atoms with van der Waals surface area (Å²) in [7, 11) is 0. The lowest BCUT2D eigenvalue weighted by molar-refractivity contribution is -0.934. The lowest BCUT2D eigenvalue weighted by Gasteiger charge is -2.42. The molecule has 0 aromatic heterocycles. The van der Waals surface area contributed by atoms with Gasteiger partial charge in [0.15, 0.2) is 0 Å². The van der Waals surface area contributed by atoms with E-state index in [-0.39, 0.29) is 0 Å². The van der Waals surface area contributed by atoms with Crippen LogP contribution in [0.1, 0.15) is 46.0 Å². The summed E-state index contributed by atoms with van der Waals surface area (Å²) in [6.45, 7) is 10.9. The van der Waals surface area contributed by atoms with Crippen LogP contribution in [0.15, 0.2) is 0 Å². The minimum Gasteiger partial charge on any atom is -0.323 e. The molecular weight excluding hydrogens is 170 g/mol. The molecule has 0 aromatic rings. The van der Waals surface area contributed by atoms with Crippen molar-refractivity contribution in [2.24, 2.45) is 11.8 Å². The summed E-state index contributed by atoms with van der Waals surface area (Å²) in [5.41, 5.74) is 0. The number of hydrogen-bond donors (Lipinski definition) is 0. The van der Waals surface area contributed by atoms with Gasteiger partial charge >= 0.3 is 0 Å². The maximum Gasteiger partial charge on any atom is 0.0815 e. The highest BCUT2D eigenvalue weighted by atomic mass is 15.4. The highest BCUT2D eigenvalue weighted by molar-refractivity contribution is 4.68. The van der Waals surface area contributed by atoms with E-state index in [1.165, 1.54) is 62.8 Å². The van der Waals surface area contributed by atoms with Crippen LogP contribution in [0.25, 0.3) is 0 Å². The predicted molar refractivity (Wildman–Crippen MR) is 61.1 cm³/mol. The Balaban J connectivity index is 2.03. The molecule has 2 aliphatic rings. The molecule has 1 heteroatoms. The summed E-state index contributed by atoms with van der Waals surface area (Å²) in [5, 5.41) is 0. The van der Waals surface area contributed by atoms with Crippen molar-refractivity contribution >= 4 is 0 Å². The van der Waals surface area contributed by atoms with Crippen LogP contribution in [0.3, 0.4) is 0 Å². The molecule has 0 N–H and O–H groups in total. The Morgan fingerprint density at radius 2 is 1.43 bits per heavy atom. The van der Waals surface area contributed by atoms with E-state index in [1.54, 1.807) is 0 Å². The van der Waals surface area contributed by atoms with Crippen molar-refractivity contribution in [2.75, 3.05) is 26.2 Å². The first-order valence-electron chi connectivity index (χ1n) is 6.57. The van der Waals surface area contributed by atoms with E-state index >= 15 is 0 Å². The maximum absolute atomic E-state index is 2.48. The van der Waals surface area contributed by atoms with Crippen molar-refractivity contribution < 1.29 is 4.48 Å². The van der Waals surface area contributed by atoms with Gasteiger partial charge in [0.2, 0.25) is 0 Å². The van der Waals surface area contributed by atoms with Crippen molar-refractivity contribution in [3.63, 3.8) is 0 Å². The Bertz CT molecular complexity index is 182. The number of rotatable bonds is 0. The van der Waals surface area contributed by atoms with Crippen LogP contribution in [0.2, 0.25) is 0 Å². The van der Waals surface area contributed by atoms with E-state index in [2.05, 4.69) is 13.8 Å². The quantitative estimate of drug-likeness (QED) is 0.522. The second-order valence-electron chi connectivity index (χ2n) is 5.85. The van der Waals surface area contributed by atoms with Gasteiger partial charge in [-0.2, -0.15) is 0 Å². The van der Waals surface area contributed by atoms with Gasteiger partial charge in [-0.05, 0) is 38.0 Å². The molecule has 0 amide bonds. The predicted octanol–water partition coefficient (Wildman–Crippen LogP) is 3.05. The minimum absolute atomic E-state index is 0.954. The minimum atomic E-state index is 0.954. The molecule has 82 valence electrons. The molecule has 0 aliphatic carbocycles. The third kappa shape index (κ3) is 2.13. The summed E-state index contributed by atoms with van der Waals surface area (Å²) >= 11 is 0. The monoisotopic (exact) mass is 196 g/mol. The molecule has 2 unspecified atom stereocenters. The van der Waals surface area contributed by atoms with E-state index in [0.717, 1.165) is 11.8 Å². The molecule has 0 aromatic carbocycles. The fourth-order valence-corrected chi connectivity index (χ4v) is 3.50. The fourth-order valence-electron chi connectivity index (χ4n) is 3.50. The summed E-state index contributed by atoms with van der Waals surface area (Å²) in [4.78, 5) is 0. The SMILES string of the molecule is CC1CCC[N+]2(CCCCC2)CC1C. The molecule has 2 fully saturated rings. The van der Waals surface area contributed by atoms with Crippen molar-refractivity contribution in [3.05, 3.63) is 0 Å². The van der Waals surface area contributed by atoms with Crippen LogP contribution in [0.4, 0.5) is 0 Å². The Morgan fingerprint density at radius 1 is 0.786 bits per heavy atom. The first-order valence-corrected chi connectivity index (χ1v) is 6.57. The van der Waals surface area contributed by atoms with Gasteiger partial charge in [0.25, 0.3) is 0 Å². The summed E-state index contributed by atoms with van der Waals surface area (Å²) < 4.78 is 1.48. The molecule has 1 nitrogen and oxygen atoms in total. The van der Waals surface area contributed by atoms with Gasteiger partial charge in [-0.15, -0.1) is 0 Å². The van der Waals surface area contributed by atoms with Gasteiger partial charge in [0.1, 0.15) is 0 Å². The normalized spacial score (nSPS) is 38.1. The number of quaternary nitrogens is 1. The first-order chi connectivity index (χ1) is 6.72. The highest BCUT2D eigenvalue weighted by Crippen LogP contribution is 2.30. The number of hydrogen-bond acceptors (Lipinski definition) is 0. The molecule has 2 aliphatic heterocycles. The standard InChI is InChI=1S/C13H26N/c1-12-7-6-10-14(11-13(12)2)8-4-3-5-9-14/h12-13H,3-11H2,1-2H3/q+1. The van der Waals surface area contributed by atoms with Crippen molar-refractivity contribution in [1.29, 1.82) is 0 Å². The lowest BCUT2D eigenvalue weighted by atomic mass is 9.92. The molecule has 2 rings (SSSR count). The topological polar surface area (TPSA) is 0 Å². The van der Waals surface area contributed by atoms with E-state index < -0.39 is 0 Å². The summed E-state index contributed by atoms with van der Waals surface area (Å²) in [6.07, 6.45) is 7.42. The smallest absolute Gasteiger partial charge is 0.0815 e. The Labute approximate surface area is 89.1 Å². The van der Waals surface area contributed by atoms with Gasteiger partial charge in [0.05, 0.1) is 26.2 Å².